The molecule has 3 unspecified atom stereocenters. The first-order valence-corrected chi connectivity index (χ1v) is 14.0. The Labute approximate surface area is 199 Å². The van der Waals surface area contributed by atoms with Crippen LogP contribution in [0.3, 0.4) is 0 Å². The number of aliphatic hydroxyl groups excluding tert-OH is 1. The maximum atomic E-state index is 12.0. The number of anilines is 1. The molecule has 0 aromatic carbocycles. The van der Waals surface area contributed by atoms with Crippen molar-refractivity contribution < 1.29 is 61.0 Å². The van der Waals surface area contributed by atoms with Crippen molar-refractivity contribution in [2.45, 2.75) is 31.4 Å². The molecule has 24 heteroatoms. The zero-order valence-electron chi connectivity index (χ0n) is 17.9. The van der Waals surface area contributed by atoms with Gasteiger partial charge in [-0.3, -0.25) is 9.09 Å². The van der Waals surface area contributed by atoms with Crippen LogP contribution in [0, 0.1) is 0 Å². The quantitative estimate of drug-likeness (QED) is 0.0892. The molecule has 200 valence electrons. The molecule has 0 spiro atoms. The van der Waals surface area contributed by atoms with Gasteiger partial charge in [0.1, 0.15) is 18.4 Å². The van der Waals surface area contributed by atoms with Crippen molar-refractivity contribution >= 4 is 40.6 Å². The number of fused-ring (bicyclic) bond motifs is 1. The van der Waals surface area contributed by atoms with Crippen LogP contribution in [-0.4, -0.2) is 75.7 Å². The lowest BCUT2D eigenvalue weighted by Crippen LogP contribution is -2.32. The number of azide groups is 1. The molecule has 0 radical (unpaired) electrons. The summed E-state index contributed by atoms with van der Waals surface area (Å²) in [5, 5.41) is 14.0. The number of phosphoric acid groups is 3. The Hall–Kier alpha value is -2.21. The van der Waals surface area contributed by atoms with Gasteiger partial charge in [0.05, 0.1) is 25.6 Å². The van der Waals surface area contributed by atoms with Crippen LogP contribution in [0.4, 0.5) is 5.95 Å². The number of hydrogen-bond acceptors (Lipinski definition) is 14. The van der Waals surface area contributed by atoms with E-state index in [9.17, 15) is 28.6 Å². The maximum Gasteiger partial charge on any atom is 0.490 e. The molecule has 0 bridgehead atoms. The van der Waals surface area contributed by atoms with Crippen LogP contribution in [0.15, 0.2) is 11.4 Å². The first kappa shape index (κ1) is 28.4. The predicted octanol–water partition coefficient (Wildman–Crippen LogP) is 0.0877. The van der Waals surface area contributed by atoms with Gasteiger partial charge >= 0.3 is 23.5 Å². The van der Waals surface area contributed by atoms with Gasteiger partial charge in [-0.2, -0.15) is 18.6 Å². The molecule has 1 fully saturated rings. The minimum absolute atomic E-state index is 0.0434. The smallest absolute Gasteiger partial charge is 0.476 e. The largest absolute Gasteiger partial charge is 0.490 e. The summed E-state index contributed by atoms with van der Waals surface area (Å²) in [5.74, 6) is -0.155. The molecule has 21 nitrogen and oxygen atoms in total. The van der Waals surface area contributed by atoms with Crippen molar-refractivity contribution in [3.63, 3.8) is 0 Å². The molecule has 7 N–H and O–H groups in total. The molecular formula is C12H19N8O13P3. The van der Waals surface area contributed by atoms with Gasteiger partial charge in [-0.05, 0) is 12.5 Å². The predicted molar refractivity (Wildman–Crippen MR) is 114 cm³/mol. The third-order valence-corrected chi connectivity index (χ3v) is 8.10. The summed E-state index contributed by atoms with van der Waals surface area (Å²) in [7, 11) is -16.8. The Balaban J connectivity index is 1.83. The zero-order valence-corrected chi connectivity index (χ0v) is 20.5. The molecule has 0 aliphatic carbocycles. The van der Waals surface area contributed by atoms with Gasteiger partial charge in [-0.1, -0.05) is 5.11 Å². The Kier molecular flexibility index (Phi) is 8.39. The van der Waals surface area contributed by atoms with E-state index in [1.54, 1.807) is 6.92 Å². The van der Waals surface area contributed by atoms with Gasteiger partial charge in [-0.25, -0.2) is 18.7 Å². The molecule has 6 atom stereocenters. The minimum Gasteiger partial charge on any atom is -0.476 e. The van der Waals surface area contributed by atoms with Gasteiger partial charge in [-0.15, -0.1) is 0 Å². The van der Waals surface area contributed by atoms with E-state index in [1.807, 2.05) is 0 Å². The van der Waals surface area contributed by atoms with E-state index < -0.39 is 54.6 Å². The third-order valence-electron chi connectivity index (χ3n) is 4.30. The first-order valence-electron chi connectivity index (χ1n) is 9.45. The molecule has 0 saturated carbocycles. The highest BCUT2D eigenvalue weighted by Crippen LogP contribution is 2.66. The monoisotopic (exact) mass is 576 g/mol. The number of hydrogen-bond donors (Lipinski definition) is 6. The van der Waals surface area contributed by atoms with Crippen LogP contribution in [0.5, 0.6) is 5.88 Å². The van der Waals surface area contributed by atoms with Crippen LogP contribution >= 0.6 is 23.5 Å². The summed E-state index contributed by atoms with van der Waals surface area (Å²) in [6.45, 7) is 0.922. The molecule has 0 amide bonds. The number of phosphoric ester groups is 1. The van der Waals surface area contributed by atoms with Gasteiger partial charge in [0.2, 0.25) is 11.8 Å². The first-order chi connectivity index (χ1) is 16.7. The second kappa shape index (κ2) is 10.6. The van der Waals surface area contributed by atoms with Crippen molar-refractivity contribution in [2.24, 2.45) is 5.11 Å². The van der Waals surface area contributed by atoms with Gasteiger partial charge in [0.25, 0.3) is 0 Å². The number of nitrogens with two attached hydrogens (primary N) is 1. The Morgan fingerprint density at radius 2 is 1.92 bits per heavy atom. The highest BCUT2D eigenvalue weighted by molar-refractivity contribution is 7.66. The van der Waals surface area contributed by atoms with E-state index in [4.69, 9.17) is 30.5 Å². The van der Waals surface area contributed by atoms with E-state index in [-0.39, 0.29) is 29.6 Å². The fourth-order valence-corrected chi connectivity index (χ4v) is 6.11. The second-order valence-electron chi connectivity index (χ2n) is 6.78. The number of imidazole rings is 1. The number of nitrogens with zero attached hydrogens (tertiary/aromatic N) is 7. The van der Waals surface area contributed by atoms with E-state index >= 15 is 0 Å². The van der Waals surface area contributed by atoms with Crippen molar-refractivity contribution in [3.05, 3.63) is 16.8 Å². The fraction of sp³-hybridized carbons (Fsp3) is 0.583. The van der Waals surface area contributed by atoms with Crippen molar-refractivity contribution in [3.8, 4) is 5.88 Å². The number of ether oxygens (including phenoxy) is 2. The lowest BCUT2D eigenvalue weighted by Gasteiger charge is -2.19. The SMILES string of the molecule is CCOc1nc(N)nc2c1ncn2[C@@H]1O[C@H](COP(=O)(O)OP(=O)(O)OP(=O)(O)O)[C@@H](O)C1N=[N+]=[N-]. The summed E-state index contributed by atoms with van der Waals surface area (Å²) in [4.78, 5) is 50.7. The number of aromatic nitrogens is 4. The summed E-state index contributed by atoms with van der Waals surface area (Å²) in [6, 6.07) is -1.37. The second-order valence-corrected chi connectivity index (χ2v) is 11.2. The third kappa shape index (κ3) is 6.76. The highest BCUT2D eigenvalue weighted by Gasteiger charge is 2.47. The Morgan fingerprint density at radius 3 is 2.53 bits per heavy atom. The van der Waals surface area contributed by atoms with Crippen molar-refractivity contribution in [2.75, 3.05) is 18.9 Å². The average Bonchev–Trinajstić information content (AvgIpc) is 3.26. The molecule has 1 aliphatic heterocycles. The summed E-state index contributed by atoms with van der Waals surface area (Å²) in [5.41, 5.74) is 14.8. The number of nitrogen functional groups attached to an aromatic ring is 1. The van der Waals surface area contributed by atoms with E-state index in [2.05, 4.69) is 38.1 Å². The van der Waals surface area contributed by atoms with Crippen LogP contribution < -0.4 is 10.5 Å². The zero-order chi connectivity index (χ0) is 26.9. The highest BCUT2D eigenvalue weighted by atomic mass is 31.3. The van der Waals surface area contributed by atoms with Crippen molar-refractivity contribution in [1.29, 1.82) is 0 Å². The summed E-state index contributed by atoms with van der Waals surface area (Å²) in [6.07, 6.45) is -3.28. The minimum atomic E-state index is -5.75. The molecule has 3 rings (SSSR count). The Morgan fingerprint density at radius 1 is 1.22 bits per heavy atom. The van der Waals surface area contributed by atoms with E-state index in [0.29, 0.717) is 0 Å². The van der Waals surface area contributed by atoms with Crippen LogP contribution in [0.2, 0.25) is 0 Å². The lowest BCUT2D eigenvalue weighted by molar-refractivity contribution is -0.0428. The fourth-order valence-electron chi connectivity index (χ4n) is 3.08. The Bertz CT molecular complexity index is 1310. The molecule has 3 heterocycles. The van der Waals surface area contributed by atoms with Crippen molar-refractivity contribution in [1.82, 2.24) is 19.5 Å². The molecule has 36 heavy (non-hydrogen) atoms. The molecule has 1 aliphatic rings. The van der Waals surface area contributed by atoms with Crippen LogP contribution in [-0.2, 0) is 31.6 Å². The molecule has 1 saturated heterocycles. The normalized spacial score (nSPS) is 25.7. The van der Waals surface area contributed by atoms with E-state index in [0.717, 1.165) is 0 Å². The average molecular weight is 576 g/mol. The standard InChI is InChI=1S/C12H19N8O13P3/c1-2-29-10-7-9(16-12(13)17-10)20(4-15-7)11-6(18-19-14)8(21)5(31-11)3-30-35(25,26)33-36(27,28)32-34(22,23)24/h4-6,8,11,21H,2-3H2,1H3,(H,25,26)(H,27,28)(H2,13,16,17)(H2,22,23,24)/t5-,6?,8-,11-/m1/s1. The molecular weight excluding hydrogens is 557 g/mol. The number of rotatable bonds is 11. The molecule has 2 aromatic heterocycles. The van der Waals surface area contributed by atoms with Crippen LogP contribution in [0.25, 0.3) is 21.6 Å². The molecule has 2 aromatic rings. The maximum absolute atomic E-state index is 12.0. The summed E-state index contributed by atoms with van der Waals surface area (Å²) < 4.78 is 58.0. The van der Waals surface area contributed by atoms with Gasteiger partial charge in [0.15, 0.2) is 11.2 Å². The topological polar surface area (TPSA) is 317 Å². The lowest BCUT2D eigenvalue weighted by atomic mass is 10.1. The van der Waals surface area contributed by atoms with Crippen LogP contribution in [0.1, 0.15) is 13.2 Å². The summed E-state index contributed by atoms with van der Waals surface area (Å²) >= 11 is 0. The van der Waals surface area contributed by atoms with E-state index in [1.165, 1.54) is 10.9 Å². The van der Waals surface area contributed by atoms with Gasteiger partial charge < -0.3 is 39.9 Å². The van der Waals surface area contributed by atoms with Gasteiger partial charge in [0, 0.05) is 4.91 Å². The number of aliphatic hydroxyl groups is 1.